The van der Waals surface area contributed by atoms with Gasteiger partial charge in [0.2, 0.25) is 0 Å². The maximum Gasteiger partial charge on any atom is 0.331 e. The molecule has 0 aromatic carbocycles. The molecular weight excluding hydrogens is 184 g/mol. The van der Waals surface area contributed by atoms with Crippen molar-refractivity contribution in [1.29, 1.82) is 0 Å². The average Bonchev–Trinajstić information content (AvgIpc) is 2.55. The van der Waals surface area contributed by atoms with Crippen LogP contribution in [0, 0.1) is 0 Å². The molecule has 6 heteroatoms. The Morgan fingerprint density at radius 3 is 2.93 bits per heavy atom. The fourth-order valence-electron chi connectivity index (χ4n) is 2.29. The molecule has 6 nitrogen and oxygen atoms in total. The summed E-state index contributed by atoms with van der Waals surface area (Å²) in [7, 11) is 0. The van der Waals surface area contributed by atoms with Crippen LogP contribution in [-0.4, -0.2) is 59.3 Å². The highest BCUT2D eigenvalue weighted by Gasteiger charge is 2.36. The molecule has 2 amide bonds. The van der Waals surface area contributed by atoms with E-state index in [1.807, 2.05) is 0 Å². The first-order valence-corrected chi connectivity index (χ1v) is 4.88. The molecule has 0 aromatic heterocycles. The van der Waals surface area contributed by atoms with Gasteiger partial charge in [0.25, 0.3) is 0 Å². The molecular formula is C8H16N4O2. The van der Waals surface area contributed by atoms with Gasteiger partial charge in [-0.15, -0.1) is 0 Å². The average molecular weight is 200 g/mol. The zero-order chi connectivity index (χ0) is 10.1. The van der Waals surface area contributed by atoms with E-state index in [-0.39, 0.29) is 12.1 Å². The number of nitrogens with one attached hydrogen (secondary N) is 1. The third-order valence-corrected chi connectivity index (χ3v) is 3.00. The highest BCUT2D eigenvalue weighted by Crippen LogP contribution is 2.21. The number of carbonyl (C=O) groups excluding carboxylic acids is 1. The lowest BCUT2D eigenvalue weighted by atomic mass is 10.1. The van der Waals surface area contributed by atoms with Crippen LogP contribution in [0.1, 0.15) is 6.42 Å². The second-order valence-corrected chi connectivity index (χ2v) is 3.93. The minimum absolute atomic E-state index is 0.231. The number of aliphatic hydroxyl groups excluding tert-OH is 1. The Bertz CT molecular complexity index is 235. The third kappa shape index (κ3) is 1.68. The number of urea groups is 1. The minimum Gasteiger partial charge on any atom is -0.392 e. The smallest absolute Gasteiger partial charge is 0.331 e. The number of rotatable bonds is 0. The topological polar surface area (TPSA) is 81.8 Å². The summed E-state index contributed by atoms with van der Waals surface area (Å²) in [5, 5.41) is 9.46. The van der Waals surface area contributed by atoms with E-state index in [0.717, 1.165) is 19.5 Å². The van der Waals surface area contributed by atoms with Crippen molar-refractivity contribution in [3.8, 4) is 0 Å². The van der Waals surface area contributed by atoms with Gasteiger partial charge in [0.05, 0.1) is 6.10 Å². The Labute approximate surface area is 82.6 Å². The number of carbonyl (C=O) groups is 1. The van der Waals surface area contributed by atoms with Crippen molar-refractivity contribution >= 4 is 6.03 Å². The van der Waals surface area contributed by atoms with E-state index in [1.165, 1.54) is 0 Å². The van der Waals surface area contributed by atoms with Gasteiger partial charge in [0.15, 0.2) is 0 Å². The molecule has 0 aliphatic carbocycles. The molecule has 0 radical (unpaired) electrons. The van der Waals surface area contributed by atoms with Crippen LogP contribution >= 0.6 is 0 Å². The molecule has 2 atom stereocenters. The van der Waals surface area contributed by atoms with Crippen molar-refractivity contribution in [2.75, 3.05) is 26.2 Å². The molecule has 80 valence electrons. The summed E-state index contributed by atoms with van der Waals surface area (Å²) in [5.74, 6) is 5.06. The van der Waals surface area contributed by atoms with Gasteiger partial charge in [0, 0.05) is 32.2 Å². The first-order valence-electron chi connectivity index (χ1n) is 4.88. The summed E-state index contributed by atoms with van der Waals surface area (Å²) >= 11 is 0. The summed E-state index contributed by atoms with van der Waals surface area (Å²) in [4.78, 5) is 15.2. The van der Waals surface area contributed by atoms with E-state index in [4.69, 9.17) is 5.84 Å². The number of nitrogens with zero attached hydrogens (tertiary/aromatic N) is 2. The van der Waals surface area contributed by atoms with Crippen molar-refractivity contribution in [1.82, 2.24) is 15.2 Å². The third-order valence-electron chi connectivity index (χ3n) is 3.00. The van der Waals surface area contributed by atoms with E-state index in [2.05, 4.69) is 10.3 Å². The van der Waals surface area contributed by atoms with E-state index >= 15 is 0 Å². The quantitative estimate of drug-likeness (QED) is 0.248. The molecule has 2 rings (SSSR count). The van der Waals surface area contributed by atoms with Gasteiger partial charge in [-0.3, -0.25) is 10.3 Å². The molecule has 2 heterocycles. The van der Waals surface area contributed by atoms with Gasteiger partial charge in [-0.1, -0.05) is 0 Å². The van der Waals surface area contributed by atoms with E-state index in [0.29, 0.717) is 19.1 Å². The van der Waals surface area contributed by atoms with E-state index in [1.54, 1.807) is 4.90 Å². The maximum atomic E-state index is 11.2. The Morgan fingerprint density at radius 1 is 1.43 bits per heavy atom. The van der Waals surface area contributed by atoms with Crippen LogP contribution in [0.2, 0.25) is 0 Å². The number of nitrogens with two attached hydrogens (primary N) is 1. The predicted octanol–water partition coefficient (Wildman–Crippen LogP) is -1.68. The van der Waals surface area contributed by atoms with Gasteiger partial charge in [-0.05, 0) is 6.42 Å². The maximum absolute atomic E-state index is 11.2. The van der Waals surface area contributed by atoms with Gasteiger partial charge in [-0.25, -0.2) is 10.6 Å². The summed E-state index contributed by atoms with van der Waals surface area (Å²) in [6, 6.07) is 0.0714. The van der Waals surface area contributed by atoms with Crippen LogP contribution in [-0.2, 0) is 0 Å². The molecule has 0 saturated carbocycles. The Kier molecular flexibility index (Phi) is 2.58. The summed E-state index contributed by atoms with van der Waals surface area (Å²) in [6.45, 7) is 2.92. The van der Waals surface area contributed by atoms with E-state index in [9.17, 15) is 9.90 Å². The lowest BCUT2D eigenvalue weighted by molar-refractivity contribution is 0.115. The lowest BCUT2D eigenvalue weighted by Gasteiger charge is -2.36. The second kappa shape index (κ2) is 3.72. The molecule has 14 heavy (non-hydrogen) atoms. The standard InChI is InChI=1S/C8H16N4O2/c9-10-8(14)12-2-1-11-5-7(13)3-6(11)4-12/h6-7,13H,1-5,9H2,(H,10,14). The molecule has 2 fully saturated rings. The Hall–Kier alpha value is -0.850. The molecule has 2 saturated heterocycles. The van der Waals surface area contributed by atoms with Crippen LogP contribution in [0.5, 0.6) is 0 Å². The molecule has 4 N–H and O–H groups in total. The van der Waals surface area contributed by atoms with Crippen molar-refractivity contribution < 1.29 is 9.90 Å². The molecule has 2 unspecified atom stereocenters. The molecule has 0 spiro atoms. The van der Waals surface area contributed by atoms with Crippen LogP contribution in [0.4, 0.5) is 4.79 Å². The summed E-state index contributed by atoms with van der Waals surface area (Å²) < 4.78 is 0. The first kappa shape index (κ1) is 9.70. The normalized spacial score (nSPS) is 32.9. The fourth-order valence-corrected chi connectivity index (χ4v) is 2.29. The number of amides is 2. The van der Waals surface area contributed by atoms with Crippen molar-refractivity contribution in [3.05, 3.63) is 0 Å². The highest BCUT2D eigenvalue weighted by atomic mass is 16.3. The highest BCUT2D eigenvalue weighted by molar-refractivity contribution is 5.73. The van der Waals surface area contributed by atoms with Crippen LogP contribution in [0.25, 0.3) is 0 Å². The molecule has 0 bridgehead atoms. The molecule has 2 aliphatic heterocycles. The van der Waals surface area contributed by atoms with Gasteiger partial charge >= 0.3 is 6.03 Å². The monoisotopic (exact) mass is 200 g/mol. The number of aliphatic hydroxyl groups is 1. The SMILES string of the molecule is NNC(=O)N1CCN2CC(O)CC2C1. The van der Waals surface area contributed by atoms with E-state index < -0.39 is 0 Å². The van der Waals surface area contributed by atoms with Gasteiger partial charge in [-0.2, -0.15) is 0 Å². The summed E-state index contributed by atoms with van der Waals surface area (Å²) in [6.07, 6.45) is 0.523. The van der Waals surface area contributed by atoms with Crippen LogP contribution in [0.3, 0.4) is 0 Å². The largest absolute Gasteiger partial charge is 0.392 e. The van der Waals surface area contributed by atoms with Crippen LogP contribution in [0.15, 0.2) is 0 Å². The molecule has 0 aromatic rings. The number of piperazine rings is 1. The minimum atomic E-state index is -0.235. The van der Waals surface area contributed by atoms with Crippen LogP contribution < -0.4 is 11.3 Å². The fraction of sp³-hybridized carbons (Fsp3) is 0.875. The number of hydrazine groups is 1. The first-order chi connectivity index (χ1) is 6.70. The van der Waals surface area contributed by atoms with Gasteiger partial charge in [0.1, 0.15) is 0 Å². The zero-order valence-electron chi connectivity index (χ0n) is 8.02. The predicted molar refractivity (Wildman–Crippen MR) is 50.3 cm³/mol. The van der Waals surface area contributed by atoms with Crippen molar-refractivity contribution in [2.45, 2.75) is 18.6 Å². The lowest BCUT2D eigenvalue weighted by Crippen LogP contribution is -2.55. The number of hydrogen-bond donors (Lipinski definition) is 3. The number of fused-ring (bicyclic) bond motifs is 1. The van der Waals surface area contributed by atoms with Crippen molar-refractivity contribution in [3.63, 3.8) is 0 Å². The number of hydrogen-bond acceptors (Lipinski definition) is 4. The Balaban J connectivity index is 1.94. The second-order valence-electron chi connectivity index (χ2n) is 3.93. The van der Waals surface area contributed by atoms with Gasteiger partial charge < -0.3 is 10.0 Å². The summed E-state index contributed by atoms with van der Waals surface area (Å²) in [5.41, 5.74) is 2.13. The zero-order valence-corrected chi connectivity index (χ0v) is 8.02. The Morgan fingerprint density at radius 2 is 2.21 bits per heavy atom. The molecule has 2 aliphatic rings. The van der Waals surface area contributed by atoms with Crippen molar-refractivity contribution in [2.24, 2.45) is 5.84 Å².